The first kappa shape index (κ1) is 11.1. The molecule has 0 N–H and O–H groups in total. The highest BCUT2D eigenvalue weighted by Crippen LogP contribution is 2.10. The molecule has 0 aromatic heterocycles. The third kappa shape index (κ3) is 2.83. The highest BCUT2D eigenvalue weighted by atomic mass is 32.2. The Hall–Kier alpha value is -1.35. The van der Waals surface area contributed by atoms with Gasteiger partial charge in [-0.05, 0) is 17.7 Å². The van der Waals surface area contributed by atoms with Gasteiger partial charge in [-0.2, -0.15) is 0 Å². The molecular weight excluding hydrogens is 215 g/mol. The Bertz CT molecular complexity index is 479. The van der Waals surface area contributed by atoms with Gasteiger partial charge in [0.2, 0.25) is 0 Å². The standard InChI is InChI=1S/C13H11BOS/c14-12-8-6-11(7-9-12)10-16(15)13-4-2-1-3-5-13/h1-9H,10H2. The van der Waals surface area contributed by atoms with Gasteiger partial charge >= 0.3 is 0 Å². The molecular formula is C13H11BOS. The molecule has 0 saturated heterocycles. The van der Waals surface area contributed by atoms with Crippen LogP contribution in [0.5, 0.6) is 0 Å². The van der Waals surface area contributed by atoms with Crippen LogP contribution >= 0.6 is 0 Å². The number of benzene rings is 2. The normalized spacial score (nSPS) is 12.2. The molecule has 1 nitrogen and oxygen atoms in total. The maximum absolute atomic E-state index is 12.0. The van der Waals surface area contributed by atoms with Crippen LogP contribution in [0.4, 0.5) is 0 Å². The lowest BCUT2D eigenvalue weighted by atomic mass is 9.96. The van der Waals surface area contributed by atoms with Crippen molar-refractivity contribution in [3.05, 3.63) is 60.2 Å². The van der Waals surface area contributed by atoms with Gasteiger partial charge < -0.3 is 0 Å². The Balaban J connectivity index is 2.11. The number of hydrogen-bond acceptors (Lipinski definition) is 1. The molecule has 2 aromatic carbocycles. The fourth-order valence-corrected chi connectivity index (χ4v) is 2.54. The van der Waals surface area contributed by atoms with Crippen LogP contribution in [-0.4, -0.2) is 12.1 Å². The highest BCUT2D eigenvalue weighted by molar-refractivity contribution is 7.84. The first-order valence-corrected chi connectivity index (χ1v) is 6.35. The third-order valence-electron chi connectivity index (χ3n) is 2.28. The summed E-state index contributed by atoms with van der Waals surface area (Å²) in [6.45, 7) is 0. The van der Waals surface area contributed by atoms with Gasteiger partial charge in [-0.3, -0.25) is 4.21 Å². The summed E-state index contributed by atoms with van der Waals surface area (Å²) in [5.74, 6) is 0.532. The molecule has 1 atom stereocenters. The van der Waals surface area contributed by atoms with Crippen molar-refractivity contribution >= 4 is 24.1 Å². The van der Waals surface area contributed by atoms with Gasteiger partial charge in [0.05, 0.1) is 16.6 Å². The molecule has 0 bridgehead atoms. The van der Waals surface area contributed by atoms with Gasteiger partial charge in [0.15, 0.2) is 0 Å². The monoisotopic (exact) mass is 226 g/mol. The van der Waals surface area contributed by atoms with Crippen molar-refractivity contribution in [2.45, 2.75) is 10.6 Å². The van der Waals surface area contributed by atoms with Gasteiger partial charge in [0.1, 0.15) is 7.85 Å². The van der Waals surface area contributed by atoms with Crippen LogP contribution in [0.25, 0.3) is 0 Å². The summed E-state index contributed by atoms with van der Waals surface area (Å²) in [6, 6.07) is 17.0. The maximum atomic E-state index is 12.0. The summed E-state index contributed by atoms with van der Waals surface area (Å²) >= 11 is 0. The van der Waals surface area contributed by atoms with E-state index in [0.717, 1.165) is 15.9 Å². The molecule has 3 heteroatoms. The van der Waals surface area contributed by atoms with Crippen LogP contribution in [-0.2, 0) is 16.6 Å². The molecule has 0 aliphatic carbocycles. The van der Waals surface area contributed by atoms with Crippen LogP contribution in [0, 0.1) is 0 Å². The summed E-state index contributed by atoms with van der Waals surface area (Å²) in [4.78, 5) is 0.860. The van der Waals surface area contributed by atoms with Crippen molar-refractivity contribution in [3.8, 4) is 0 Å². The fourth-order valence-electron chi connectivity index (χ4n) is 1.42. The van der Waals surface area contributed by atoms with E-state index in [4.69, 9.17) is 7.85 Å². The average Bonchev–Trinajstić information content (AvgIpc) is 2.33. The Kier molecular flexibility index (Phi) is 3.57. The summed E-state index contributed by atoms with van der Waals surface area (Å²) < 4.78 is 12.0. The van der Waals surface area contributed by atoms with Gasteiger partial charge in [-0.15, -0.1) is 0 Å². The van der Waals surface area contributed by atoms with Crippen molar-refractivity contribution in [1.82, 2.24) is 0 Å². The molecule has 0 amide bonds. The fraction of sp³-hybridized carbons (Fsp3) is 0.0769. The van der Waals surface area contributed by atoms with Crippen LogP contribution in [0.3, 0.4) is 0 Å². The van der Waals surface area contributed by atoms with Crippen LogP contribution in [0.1, 0.15) is 5.56 Å². The Morgan fingerprint density at radius 3 is 2.19 bits per heavy atom. The minimum absolute atomic E-state index is 0.532. The first-order valence-electron chi connectivity index (χ1n) is 5.03. The predicted octanol–water partition coefficient (Wildman–Crippen LogP) is 1.79. The molecule has 0 aliphatic rings. The molecule has 2 aromatic rings. The molecule has 0 aliphatic heterocycles. The maximum Gasteiger partial charge on any atom is 0.113 e. The van der Waals surface area contributed by atoms with E-state index in [1.54, 1.807) is 0 Å². The molecule has 0 fully saturated rings. The Morgan fingerprint density at radius 1 is 0.938 bits per heavy atom. The van der Waals surface area contributed by atoms with E-state index >= 15 is 0 Å². The van der Waals surface area contributed by atoms with Gasteiger partial charge in [0.25, 0.3) is 0 Å². The van der Waals surface area contributed by atoms with Crippen molar-refractivity contribution < 1.29 is 4.21 Å². The van der Waals surface area contributed by atoms with Gasteiger partial charge in [-0.1, -0.05) is 47.9 Å². The lowest BCUT2D eigenvalue weighted by molar-refractivity contribution is 0.682. The van der Waals surface area contributed by atoms with Crippen molar-refractivity contribution in [2.24, 2.45) is 0 Å². The zero-order valence-electron chi connectivity index (χ0n) is 8.80. The second-order valence-corrected chi connectivity index (χ2v) is 5.00. The quantitative estimate of drug-likeness (QED) is 0.729. The largest absolute Gasteiger partial charge is 0.254 e. The van der Waals surface area contributed by atoms with Crippen molar-refractivity contribution in [2.75, 3.05) is 0 Å². The molecule has 2 rings (SSSR count). The van der Waals surface area contributed by atoms with E-state index in [9.17, 15) is 4.21 Å². The van der Waals surface area contributed by atoms with E-state index in [1.165, 1.54) is 0 Å². The summed E-state index contributed by atoms with van der Waals surface area (Å²) in [5, 5.41) is 0. The zero-order chi connectivity index (χ0) is 11.4. The molecule has 16 heavy (non-hydrogen) atoms. The molecule has 0 spiro atoms. The molecule has 1 unspecified atom stereocenters. The van der Waals surface area contributed by atoms with Crippen LogP contribution in [0.2, 0.25) is 0 Å². The van der Waals surface area contributed by atoms with E-state index in [-0.39, 0.29) is 0 Å². The number of hydrogen-bond donors (Lipinski definition) is 0. The van der Waals surface area contributed by atoms with Gasteiger partial charge in [0, 0.05) is 4.90 Å². The summed E-state index contributed by atoms with van der Waals surface area (Å²) in [5.41, 5.74) is 1.77. The smallest absolute Gasteiger partial charge is 0.113 e. The second kappa shape index (κ2) is 5.13. The minimum atomic E-state index is -0.982. The predicted molar refractivity (Wildman–Crippen MR) is 68.4 cm³/mol. The summed E-state index contributed by atoms with van der Waals surface area (Å²) in [6.07, 6.45) is 0. The van der Waals surface area contributed by atoms with Crippen molar-refractivity contribution in [3.63, 3.8) is 0 Å². The third-order valence-corrected chi connectivity index (χ3v) is 3.68. The van der Waals surface area contributed by atoms with E-state index < -0.39 is 10.8 Å². The lowest BCUT2D eigenvalue weighted by Crippen LogP contribution is -2.02. The first-order chi connectivity index (χ1) is 7.75. The van der Waals surface area contributed by atoms with Crippen molar-refractivity contribution in [1.29, 1.82) is 0 Å². The van der Waals surface area contributed by atoms with E-state index in [1.807, 2.05) is 54.6 Å². The molecule has 0 saturated carbocycles. The zero-order valence-corrected chi connectivity index (χ0v) is 9.61. The Labute approximate surface area is 99.4 Å². The molecule has 0 heterocycles. The second-order valence-electron chi connectivity index (χ2n) is 3.54. The molecule has 78 valence electrons. The highest BCUT2D eigenvalue weighted by Gasteiger charge is 2.03. The SMILES string of the molecule is [B]c1ccc(CS(=O)c2ccccc2)cc1. The Morgan fingerprint density at radius 2 is 1.56 bits per heavy atom. The average molecular weight is 226 g/mol. The number of rotatable bonds is 3. The van der Waals surface area contributed by atoms with Crippen LogP contribution < -0.4 is 5.46 Å². The summed E-state index contributed by atoms with van der Waals surface area (Å²) in [7, 11) is 4.61. The van der Waals surface area contributed by atoms with E-state index in [0.29, 0.717) is 5.75 Å². The van der Waals surface area contributed by atoms with E-state index in [2.05, 4.69) is 0 Å². The van der Waals surface area contributed by atoms with Gasteiger partial charge in [-0.25, -0.2) is 0 Å². The molecule has 2 radical (unpaired) electrons. The minimum Gasteiger partial charge on any atom is -0.254 e. The topological polar surface area (TPSA) is 17.1 Å². The lowest BCUT2D eigenvalue weighted by Gasteiger charge is -2.03. The van der Waals surface area contributed by atoms with Crippen LogP contribution in [0.15, 0.2) is 59.5 Å².